The zero-order valence-corrected chi connectivity index (χ0v) is 18.0. The molecule has 0 N–H and O–H groups in total. The van der Waals surface area contributed by atoms with Crippen LogP contribution in [0.1, 0.15) is 18.1 Å². The molecule has 1 aliphatic rings. The van der Waals surface area contributed by atoms with Gasteiger partial charge in [-0.25, -0.2) is 4.39 Å². The molecular formula is C24H17Cl2FN2O2. The van der Waals surface area contributed by atoms with Crippen LogP contribution in [0, 0.1) is 5.82 Å². The van der Waals surface area contributed by atoms with Crippen LogP contribution in [-0.2, 0) is 11.4 Å². The van der Waals surface area contributed by atoms with E-state index < -0.39 is 0 Å². The van der Waals surface area contributed by atoms with Gasteiger partial charge in [-0.05, 0) is 55.0 Å². The summed E-state index contributed by atoms with van der Waals surface area (Å²) in [6.07, 6.45) is 1.67. The lowest BCUT2D eigenvalue weighted by Gasteiger charge is -2.13. The molecule has 0 saturated carbocycles. The van der Waals surface area contributed by atoms with Crippen LogP contribution in [0.5, 0.6) is 5.75 Å². The van der Waals surface area contributed by atoms with E-state index in [9.17, 15) is 9.18 Å². The van der Waals surface area contributed by atoms with Crippen LogP contribution in [-0.4, -0.2) is 11.6 Å². The fourth-order valence-electron chi connectivity index (χ4n) is 3.16. The first-order valence-electron chi connectivity index (χ1n) is 9.45. The molecule has 0 saturated heterocycles. The van der Waals surface area contributed by atoms with Crippen LogP contribution < -0.4 is 9.75 Å². The maximum absolute atomic E-state index is 13.1. The van der Waals surface area contributed by atoms with Crippen LogP contribution in [0.15, 0.2) is 77.4 Å². The highest BCUT2D eigenvalue weighted by Crippen LogP contribution is 2.35. The second kappa shape index (κ2) is 8.92. The van der Waals surface area contributed by atoms with Crippen LogP contribution in [0.2, 0.25) is 10.0 Å². The predicted octanol–water partition coefficient (Wildman–Crippen LogP) is 6.52. The summed E-state index contributed by atoms with van der Waals surface area (Å²) in [6.45, 7) is 1.94. The molecule has 1 amide bonds. The lowest BCUT2D eigenvalue weighted by atomic mass is 10.1. The standard InChI is InChI=1S/C24H17Cl2FN2O2/c1-15-21(24(30)29(28-15)20-5-3-2-4-6-20)12-17-11-18(25)13-22(26)23(17)31-14-16-7-9-19(27)10-8-16/h2-13H,14H2,1H3/b21-12+. The number of nitrogens with zero attached hydrogens (tertiary/aromatic N) is 2. The Bertz CT molecular complexity index is 1190. The number of benzene rings is 3. The molecule has 0 aromatic heterocycles. The summed E-state index contributed by atoms with van der Waals surface area (Å²) in [7, 11) is 0. The van der Waals surface area contributed by atoms with E-state index in [1.165, 1.54) is 17.1 Å². The SMILES string of the molecule is CC1=NN(c2ccccc2)C(=O)/C1=C/c1cc(Cl)cc(Cl)c1OCc1ccc(F)cc1. The second-order valence-electron chi connectivity index (χ2n) is 6.92. The molecule has 0 atom stereocenters. The summed E-state index contributed by atoms with van der Waals surface area (Å²) < 4.78 is 19.1. The zero-order valence-electron chi connectivity index (χ0n) is 16.5. The van der Waals surface area contributed by atoms with Crippen molar-refractivity contribution >= 4 is 46.6 Å². The minimum absolute atomic E-state index is 0.176. The molecule has 4 rings (SSSR count). The minimum atomic E-state index is -0.323. The third kappa shape index (κ3) is 4.63. The molecule has 0 fully saturated rings. The molecule has 3 aromatic carbocycles. The average Bonchev–Trinajstić information content (AvgIpc) is 3.03. The molecule has 156 valence electrons. The summed E-state index contributed by atoms with van der Waals surface area (Å²) in [4.78, 5) is 13.0. The molecule has 1 aliphatic heterocycles. The van der Waals surface area contributed by atoms with E-state index >= 15 is 0 Å². The van der Waals surface area contributed by atoms with Gasteiger partial charge in [-0.15, -0.1) is 0 Å². The quantitative estimate of drug-likeness (QED) is 0.411. The van der Waals surface area contributed by atoms with Crippen molar-refractivity contribution in [2.75, 3.05) is 5.01 Å². The van der Waals surface area contributed by atoms with E-state index in [0.717, 1.165) is 5.56 Å². The van der Waals surface area contributed by atoms with Crippen LogP contribution in [0.3, 0.4) is 0 Å². The third-order valence-corrected chi connectivity index (χ3v) is 5.20. The Morgan fingerprint density at radius 1 is 1.06 bits per heavy atom. The number of hydrazone groups is 1. The van der Waals surface area contributed by atoms with E-state index in [1.54, 1.807) is 37.3 Å². The van der Waals surface area contributed by atoms with Crippen molar-refractivity contribution in [3.8, 4) is 5.75 Å². The van der Waals surface area contributed by atoms with Gasteiger partial charge in [-0.1, -0.05) is 53.5 Å². The van der Waals surface area contributed by atoms with Gasteiger partial charge in [0.25, 0.3) is 5.91 Å². The number of rotatable bonds is 5. The van der Waals surface area contributed by atoms with Crippen molar-refractivity contribution in [1.29, 1.82) is 0 Å². The molecule has 0 bridgehead atoms. The fourth-order valence-corrected chi connectivity index (χ4v) is 3.72. The molecule has 31 heavy (non-hydrogen) atoms. The fraction of sp³-hybridized carbons (Fsp3) is 0.0833. The van der Waals surface area contributed by atoms with E-state index in [1.807, 2.05) is 30.3 Å². The number of hydrogen-bond donors (Lipinski definition) is 0. The Morgan fingerprint density at radius 3 is 2.48 bits per heavy atom. The van der Waals surface area contributed by atoms with Gasteiger partial charge in [0, 0.05) is 10.6 Å². The smallest absolute Gasteiger partial charge is 0.280 e. The Hall–Kier alpha value is -3.15. The normalized spacial score (nSPS) is 14.8. The molecule has 0 aliphatic carbocycles. The van der Waals surface area contributed by atoms with E-state index in [4.69, 9.17) is 27.9 Å². The van der Waals surface area contributed by atoms with Gasteiger partial charge in [-0.2, -0.15) is 10.1 Å². The van der Waals surface area contributed by atoms with E-state index in [0.29, 0.717) is 38.3 Å². The Morgan fingerprint density at radius 2 is 1.77 bits per heavy atom. The topological polar surface area (TPSA) is 41.9 Å². The Balaban J connectivity index is 1.66. The largest absolute Gasteiger partial charge is 0.487 e. The van der Waals surface area contributed by atoms with Gasteiger partial charge in [-0.3, -0.25) is 4.79 Å². The number of halogens is 3. The zero-order chi connectivity index (χ0) is 22.0. The second-order valence-corrected chi connectivity index (χ2v) is 7.76. The number of carbonyl (C=O) groups is 1. The maximum Gasteiger partial charge on any atom is 0.280 e. The highest BCUT2D eigenvalue weighted by Gasteiger charge is 2.29. The lowest BCUT2D eigenvalue weighted by molar-refractivity contribution is -0.114. The highest BCUT2D eigenvalue weighted by molar-refractivity contribution is 6.36. The first kappa shape index (κ1) is 21.1. The summed E-state index contributed by atoms with van der Waals surface area (Å²) in [5.41, 5.74) is 2.97. The van der Waals surface area contributed by atoms with Gasteiger partial charge < -0.3 is 4.74 Å². The van der Waals surface area contributed by atoms with E-state index in [2.05, 4.69) is 5.10 Å². The molecule has 3 aromatic rings. The Kier molecular flexibility index (Phi) is 6.07. The maximum atomic E-state index is 13.1. The molecule has 1 heterocycles. The highest BCUT2D eigenvalue weighted by atomic mass is 35.5. The summed E-state index contributed by atoms with van der Waals surface area (Å²) >= 11 is 12.6. The van der Waals surface area contributed by atoms with Crippen molar-refractivity contribution in [2.24, 2.45) is 5.10 Å². The van der Waals surface area contributed by atoms with Crippen LogP contribution >= 0.6 is 23.2 Å². The van der Waals surface area contributed by atoms with Gasteiger partial charge in [0.15, 0.2) is 0 Å². The minimum Gasteiger partial charge on any atom is -0.487 e. The molecule has 7 heteroatoms. The summed E-state index contributed by atoms with van der Waals surface area (Å²) in [6, 6.07) is 18.4. The molecular weight excluding hydrogens is 438 g/mol. The first-order chi connectivity index (χ1) is 14.9. The van der Waals surface area contributed by atoms with Crippen LogP contribution in [0.25, 0.3) is 6.08 Å². The number of anilines is 1. The number of amides is 1. The van der Waals surface area contributed by atoms with Crippen LogP contribution in [0.4, 0.5) is 10.1 Å². The van der Waals surface area contributed by atoms with Crippen molar-refractivity contribution in [3.05, 3.63) is 99.3 Å². The first-order valence-corrected chi connectivity index (χ1v) is 10.2. The van der Waals surface area contributed by atoms with Crippen molar-refractivity contribution in [3.63, 3.8) is 0 Å². The van der Waals surface area contributed by atoms with E-state index in [-0.39, 0.29) is 18.3 Å². The summed E-state index contributed by atoms with van der Waals surface area (Å²) in [5, 5.41) is 6.45. The number of para-hydroxylation sites is 1. The molecule has 0 unspecified atom stereocenters. The van der Waals surface area contributed by atoms with Gasteiger partial charge in [0.1, 0.15) is 18.2 Å². The van der Waals surface area contributed by atoms with Gasteiger partial charge in [0.2, 0.25) is 0 Å². The van der Waals surface area contributed by atoms with Crippen molar-refractivity contribution in [2.45, 2.75) is 13.5 Å². The van der Waals surface area contributed by atoms with Crippen molar-refractivity contribution in [1.82, 2.24) is 0 Å². The molecule has 4 nitrogen and oxygen atoms in total. The number of hydrogen-bond acceptors (Lipinski definition) is 3. The average molecular weight is 455 g/mol. The van der Waals surface area contributed by atoms with Gasteiger partial charge >= 0.3 is 0 Å². The van der Waals surface area contributed by atoms with Gasteiger partial charge in [0.05, 0.1) is 22.0 Å². The predicted molar refractivity (Wildman–Crippen MR) is 122 cm³/mol. The number of carbonyl (C=O) groups excluding carboxylic acids is 1. The van der Waals surface area contributed by atoms with Crippen molar-refractivity contribution < 1.29 is 13.9 Å². The third-order valence-electron chi connectivity index (χ3n) is 4.70. The molecule has 0 spiro atoms. The summed E-state index contributed by atoms with van der Waals surface area (Å²) in [5.74, 6) is -0.206. The Labute approximate surface area is 189 Å². The molecule has 0 radical (unpaired) electrons. The number of ether oxygens (including phenoxy) is 1. The monoisotopic (exact) mass is 454 g/mol. The lowest BCUT2D eigenvalue weighted by Crippen LogP contribution is -2.21.